The van der Waals surface area contributed by atoms with E-state index in [2.05, 4.69) is 52.2 Å². The summed E-state index contributed by atoms with van der Waals surface area (Å²) in [6.45, 7) is 5.50. The van der Waals surface area contributed by atoms with E-state index in [4.69, 9.17) is 15.2 Å². The van der Waals surface area contributed by atoms with Gasteiger partial charge in [0.05, 0.1) is 20.8 Å². The Bertz CT molecular complexity index is 758. The predicted molar refractivity (Wildman–Crippen MR) is 110 cm³/mol. The second kappa shape index (κ2) is 8.94. The Morgan fingerprint density at radius 1 is 1.08 bits per heavy atom. The van der Waals surface area contributed by atoms with Gasteiger partial charge in [-0.15, -0.1) is 0 Å². The number of halogens is 1. The Balaban J connectivity index is 1.96. The predicted octanol–water partition coefficient (Wildman–Crippen LogP) is 3.85. The van der Waals surface area contributed by atoms with Crippen LogP contribution in [0.15, 0.2) is 51.9 Å². The SMILES string of the molecule is COc1ccc(CN=C(N)NCC(C)(C)c2ccc(Br)cc2)cc1OC. The fourth-order valence-electron chi connectivity index (χ4n) is 2.53. The number of nitrogens with zero attached hydrogens (tertiary/aromatic N) is 1. The van der Waals surface area contributed by atoms with Crippen molar-refractivity contribution in [1.82, 2.24) is 5.32 Å². The monoisotopic (exact) mass is 419 g/mol. The Hall–Kier alpha value is -2.21. The van der Waals surface area contributed by atoms with Crippen LogP contribution >= 0.6 is 15.9 Å². The summed E-state index contributed by atoms with van der Waals surface area (Å²) >= 11 is 3.46. The van der Waals surface area contributed by atoms with Gasteiger partial charge in [-0.2, -0.15) is 0 Å². The Kier molecular flexibility index (Phi) is 6.91. The number of hydrogen-bond donors (Lipinski definition) is 2. The minimum atomic E-state index is -0.0653. The van der Waals surface area contributed by atoms with Crippen molar-refractivity contribution in [3.8, 4) is 11.5 Å². The van der Waals surface area contributed by atoms with Crippen molar-refractivity contribution in [3.63, 3.8) is 0 Å². The molecule has 140 valence electrons. The molecule has 0 radical (unpaired) electrons. The van der Waals surface area contributed by atoms with Gasteiger partial charge < -0.3 is 20.5 Å². The average Bonchev–Trinajstić information content (AvgIpc) is 2.64. The first-order valence-electron chi connectivity index (χ1n) is 8.36. The van der Waals surface area contributed by atoms with Crippen molar-refractivity contribution in [3.05, 3.63) is 58.1 Å². The van der Waals surface area contributed by atoms with Crippen LogP contribution in [0, 0.1) is 0 Å². The van der Waals surface area contributed by atoms with Crippen LogP contribution in [0.3, 0.4) is 0 Å². The molecule has 0 aliphatic rings. The summed E-state index contributed by atoms with van der Waals surface area (Å²) in [5.74, 6) is 1.80. The molecule has 0 saturated heterocycles. The standard InChI is InChI=1S/C20H26BrN3O2/c1-20(2,15-6-8-16(21)9-7-15)13-24-19(22)23-12-14-5-10-17(25-3)18(11-14)26-4/h5-11H,12-13H2,1-4H3,(H3,22,23,24). The molecular formula is C20H26BrN3O2. The van der Waals surface area contributed by atoms with E-state index in [0.717, 1.165) is 10.0 Å². The van der Waals surface area contributed by atoms with Crippen LogP contribution in [0.5, 0.6) is 11.5 Å². The molecule has 3 N–H and O–H groups in total. The summed E-state index contributed by atoms with van der Waals surface area (Å²) in [6.07, 6.45) is 0. The molecule has 6 heteroatoms. The smallest absolute Gasteiger partial charge is 0.188 e. The number of aliphatic imine (C=N–C) groups is 1. The van der Waals surface area contributed by atoms with Crippen LogP contribution in [0.25, 0.3) is 0 Å². The molecule has 2 aromatic rings. The van der Waals surface area contributed by atoms with E-state index in [0.29, 0.717) is 30.5 Å². The lowest BCUT2D eigenvalue weighted by atomic mass is 9.85. The molecule has 0 fully saturated rings. The quantitative estimate of drug-likeness (QED) is 0.528. The molecule has 0 amide bonds. The highest BCUT2D eigenvalue weighted by atomic mass is 79.9. The summed E-state index contributed by atoms with van der Waals surface area (Å²) < 4.78 is 11.6. The number of nitrogens with two attached hydrogens (primary N) is 1. The summed E-state index contributed by atoms with van der Waals surface area (Å²) in [4.78, 5) is 4.42. The van der Waals surface area contributed by atoms with Crippen molar-refractivity contribution in [1.29, 1.82) is 0 Å². The minimum Gasteiger partial charge on any atom is -0.493 e. The minimum absolute atomic E-state index is 0.0653. The van der Waals surface area contributed by atoms with Gasteiger partial charge in [0, 0.05) is 16.4 Å². The highest BCUT2D eigenvalue weighted by Gasteiger charge is 2.20. The van der Waals surface area contributed by atoms with Gasteiger partial charge in [-0.05, 0) is 35.4 Å². The Morgan fingerprint density at radius 2 is 1.73 bits per heavy atom. The summed E-state index contributed by atoms with van der Waals surface area (Å²) in [5, 5.41) is 3.22. The second-order valence-corrected chi connectivity index (χ2v) is 7.55. The summed E-state index contributed by atoms with van der Waals surface area (Å²) in [6, 6.07) is 14.0. The van der Waals surface area contributed by atoms with E-state index in [1.54, 1.807) is 14.2 Å². The molecule has 26 heavy (non-hydrogen) atoms. The van der Waals surface area contributed by atoms with Gasteiger partial charge >= 0.3 is 0 Å². The lowest BCUT2D eigenvalue weighted by molar-refractivity contribution is 0.354. The lowest BCUT2D eigenvalue weighted by Crippen LogP contribution is -2.40. The van der Waals surface area contributed by atoms with Gasteiger partial charge in [0.15, 0.2) is 17.5 Å². The van der Waals surface area contributed by atoms with Gasteiger partial charge in [0.1, 0.15) is 0 Å². The lowest BCUT2D eigenvalue weighted by Gasteiger charge is -2.26. The molecule has 2 aromatic carbocycles. The Labute approximate surface area is 163 Å². The maximum absolute atomic E-state index is 6.03. The highest BCUT2D eigenvalue weighted by molar-refractivity contribution is 9.10. The van der Waals surface area contributed by atoms with Crippen molar-refractivity contribution >= 4 is 21.9 Å². The molecule has 0 heterocycles. The molecule has 5 nitrogen and oxygen atoms in total. The molecule has 0 aliphatic carbocycles. The number of hydrogen-bond acceptors (Lipinski definition) is 3. The third-order valence-corrected chi connectivity index (χ3v) is 4.75. The van der Waals surface area contributed by atoms with Crippen molar-refractivity contribution in [2.24, 2.45) is 10.7 Å². The second-order valence-electron chi connectivity index (χ2n) is 6.64. The normalized spacial score (nSPS) is 12.0. The zero-order valence-corrected chi connectivity index (χ0v) is 17.3. The van der Waals surface area contributed by atoms with Gasteiger partial charge in [0.25, 0.3) is 0 Å². The molecule has 0 atom stereocenters. The van der Waals surface area contributed by atoms with E-state index < -0.39 is 0 Å². The maximum Gasteiger partial charge on any atom is 0.188 e. The average molecular weight is 420 g/mol. The molecule has 0 spiro atoms. The van der Waals surface area contributed by atoms with Crippen LogP contribution in [0.2, 0.25) is 0 Å². The van der Waals surface area contributed by atoms with Crippen LogP contribution in [-0.4, -0.2) is 26.7 Å². The maximum atomic E-state index is 6.03. The van der Waals surface area contributed by atoms with Crippen LogP contribution in [-0.2, 0) is 12.0 Å². The number of guanidine groups is 1. The molecule has 2 rings (SSSR count). The molecule has 0 unspecified atom stereocenters. The highest BCUT2D eigenvalue weighted by Crippen LogP contribution is 2.28. The van der Waals surface area contributed by atoms with Crippen molar-refractivity contribution in [2.45, 2.75) is 25.8 Å². The molecular weight excluding hydrogens is 394 g/mol. The fourth-order valence-corrected chi connectivity index (χ4v) is 2.79. The number of methoxy groups -OCH3 is 2. The topological polar surface area (TPSA) is 68.9 Å². The molecule has 0 aromatic heterocycles. The van der Waals surface area contributed by atoms with E-state index in [1.807, 2.05) is 30.3 Å². The van der Waals surface area contributed by atoms with Crippen LogP contribution < -0.4 is 20.5 Å². The largest absolute Gasteiger partial charge is 0.493 e. The van der Waals surface area contributed by atoms with Gasteiger partial charge in [0.2, 0.25) is 0 Å². The number of benzene rings is 2. The number of nitrogens with one attached hydrogen (secondary N) is 1. The third kappa shape index (κ3) is 5.39. The zero-order valence-electron chi connectivity index (χ0n) is 15.7. The summed E-state index contributed by atoms with van der Waals surface area (Å²) in [5.41, 5.74) is 8.20. The number of ether oxygens (including phenoxy) is 2. The Morgan fingerprint density at radius 3 is 2.35 bits per heavy atom. The first kappa shape index (κ1) is 20.1. The van der Waals surface area contributed by atoms with Crippen LogP contribution in [0.4, 0.5) is 0 Å². The summed E-state index contributed by atoms with van der Waals surface area (Å²) in [7, 11) is 3.23. The van der Waals surface area contributed by atoms with Gasteiger partial charge in [-0.25, -0.2) is 4.99 Å². The van der Waals surface area contributed by atoms with Crippen molar-refractivity contribution in [2.75, 3.05) is 20.8 Å². The first-order chi connectivity index (χ1) is 12.4. The number of rotatable bonds is 7. The molecule has 0 bridgehead atoms. The fraction of sp³-hybridized carbons (Fsp3) is 0.350. The molecule has 0 aliphatic heterocycles. The van der Waals surface area contributed by atoms with Crippen LogP contribution in [0.1, 0.15) is 25.0 Å². The third-order valence-electron chi connectivity index (χ3n) is 4.22. The van der Waals surface area contributed by atoms with E-state index in [1.165, 1.54) is 5.56 Å². The van der Waals surface area contributed by atoms with Gasteiger partial charge in [-0.1, -0.05) is 48.0 Å². The first-order valence-corrected chi connectivity index (χ1v) is 9.16. The van der Waals surface area contributed by atoms with E-state index in [9.17, 15) is 0 Å². The van der Waals surface area contributed by atoms with E-state index in [-0.39, 0.29) is 5.41 Å². The van der Waals surface area contributed by atoms with Gasteiger partial charge in [-0.3, -0.25) is 0 Å². The van der Waals surface area contributed by atoms with Crippen molar-refractivity contribution < 1.29 is 9.47 Å². The molecule has 0 saturated carbocycles. The zero-order chi connectivity index (χ0) is 19.2. The van der Waals surface area contributed by atoms with E-state index >= 15 is 0 Å².